The lowest BCUT2D eigenvalue weighted by Gasteiger charge is -1.95. The summed E-state index contributed by atoms with van der Waals surface area (Å²) in [4.78, 5) is 3.86. The van der Waals surface area contributed by atoms with Gasteiger partial charge in [0, 0.05) is 25.5 Å². The number of hydrogen-bond acceptors (Lipinski definition) is 4. The van der Waals surface area contributed by atoms with Gasteiger partial charge in [-0.15, -0.1) is 23.6 Å². The normalized spacial score (nSPS) is 8.44. The molecule has 0 bridgehead atoms. The molecule has 0 aromatic carbocycles. The predicted octanol–water partition coefficient (Wildman–Crippen LogP) is 1.03. The quantitative estimate of drug-likeness (QED) is 0.628. The molecule has 0 fully saturated rings. The van der Waals surface area contributed by atoms with Crippen LogP contribution in [0.2, 0.25) is 0 Å². The van der Waals surface area contributed by atoms with Gasteiger partial charge >= 0.3 is 7.32 Å². The van der Waals surface area contributed by atoms with Crippen molar-refractivity contribution in [1.29, 1.82) is 0 Å². The van der Waals surface area contributed by atoms with Crippen LogP contribution in [-0.2, 0) is 11.2 Å². The topological polar surface area (TPSA) is 67.5 Å². The lowest BCUT2D eigenvalue weighted by molar-refractivity contribution is 0.186. The smallest absolute Gasteiger partial charge is 0.402 e. The third kappa shape index (κ3) is 11.4. The summed E-state index contributed by atoms with van der Waals surface area (Å²) in [7, 11) is -1.60. The Morgan fingerprint density at radius 3 is 2.56 bits per heavy atom. The van der Waals surface area contributed by atoms with Gasteiger partial charge in [0.2, 0.25) is 0 Å². The largest absolute Gasteiger partial charge is 0.633 e. The second-order valence-electron chi connectivity index (χ2n) is 2.75. The zero-order valence-corrected chi connectivity index (χ0v) is 11.0. The Labute approximate surface area is 107 Å². The third-order valence-corrected chi connectivity index (χ3v) is 1.37. The minimum Gasteiger partial charge on any atom is -0.402 e. The Hall–Kier alpha value is -0.625. The zero-order valence-electron chi connectivity index (χ0n) is 9.32. The van der Waals surface area contributed by atoms with E-state index in [9.17, 15) is 0 Å². The summed E-state index contributed by atoms with van der Waals surface area (Å²) in [6, 6.07) is 0. The number of allylic oxidation sites excluding steroid dienone is 1. The van der Waals surface area contributed by atoms with Crippen molar-refractivity contribution in [2.75, 3.05) is 6.61 Å². The Kier molecular flexibility index (Phi) is 13.8. The molecular weight excluding hydrogens is 275 g/mol. The predicted molar refractivity (Wildman–Crippen MR) is 69.2 cm³/mol. The molecule has 0 unspecified atom stereocenters. The highest BCUT2D eigenvalue weighted by atomic mass is 79.9. The number of hydrogen-bond donors (Lipinski definition) is 2. The fraction of sp³-hybridized carbons (Fsp3) is 0.444. The average molecular weight is 293 g/mol. The Morgan fingerprint density at radius 1 is 1.56 bits per heavy atom. The number of halogens is 1. The molecule has 1 aromatic heterocycles. The van der Waals surface area contributed by atoms with Crippen LogP contribution in [0.25, 0.3) is 0 Å². The standard InChI is InChI=1S/C6H8N2.C3H9BO3.BrH/c1-2-4-8-5-3-7-6-8;1-2-3-7-4(5)6;/h2-3,5-6H,1,4H2;5-6H,2-3H2,1H3;1H. The fourth-order valence-electron chi connectivity index (χ4n) is 0.767. The van der Waals surface area contributed by atoms with Crippen molar-refractivity contribution in [2.24, 2.45) is 0 Å². The average Bonchev–Trinajstić information content (AvgIpc) is 2.69. The first-order valence-electron chi connectivity index (χ1n) is 4.75. The second kappa shape index (κ2) is 12.4. The molecule has 1 rings (SSSR count). The molecule has 1 aromatic rings. The van der Waals surface area contributed by atoms with Crippen molar-refractivity contribution >= 4 is 24.3 Å². The maximum Gasteiger partial charge on any atom is 0.633 e. The Bertz CT molecular complexity index is 245. The summed E-state index contributed by atoms with van der Waals surface area (Å²) in [5, 5.41) is 16.0. The summed E-state index contributed by atoms with van der Waals surface area (Å²) in [6.07, 6.45) is 8.06. The molecule has 0 spiro atoms. The molecule has 5 nitrogen and oxygen atoms in total. The van der Waals surface area contributed by atoms with Crippen LogP contribution in [0.1, 0.15) is 13.3 Å². The minimum atomic E-state index is -1.60. The van der Waals surface area contributed by atoms with Crippen molar-refractivity contribution in [3.8, 4) is 0 Å². The van der Waals surface area contributed by atoms with E-state index >= 15 is 0 Å². The molecule has 92 valence electrons. The van der Waals surface area contributed by atoms with E-state index in [0.717, 1.165) is 13.0 Å². The van der Waals surface area contributed by atoms with Gasteiger partial charge in [-0.25, -0.2) is 4.98 Å². The Morgan fingerprint density at radius 2 is 2.25 bits per heavy atom. The van der Waals surface area contributed by atoms with Crippen molar-refractivity contribution in [2.45, 2.75) is 19.9 Å². The van der Waals surface area contributed by atoms with Crippen LogP contribution in [0.15, 0.2) is 31.4 Å². The first-order chi connectivity index (χ1) is 7.20. The minimum absolute atomic E-state index is 0. The van der Waals surface area contributed by atoms with Gasteiger partial charge < -0.3 is 19.3 Å². The van der Waals surface area contributed by atoms with Crippen LogP contribution in [0.5, 0.6) is 0 Å². The summed E-state index contributed by atoms with van der Waals surface area (Å²) < 4.78 is 6.25. The SMILES string of the molecule is Br.C=CCn1ccnc1.CCCOB(O)O. The molecule has 0 saturated heterocycles. The van der Waals surface area contributed by atoms with E-state index in [1.54, 1.807) is 12.5 Å². The number of imidazole rings is 1. The van der Waals surface area contributed by atoms with E-state index in [-0.39, 0.29) is 17.0 Å². The molecule has 16 heavy (non-hydrogen) atoms. The van der Waals surface area contributed by atoms with Crippen LogP contribution in [0.4, 0.5) is 0 Å². The van der Waals surface area contributed by atoms with Gasteiger partial charge in [0.1, 0.15) is 0 Å². The van der Waals surface area contributed by atoms with Gasteiger partial charge in [-0.2, -0.15) is 0 Å². The lowest BCUT2D eigenvalue weighted by atomic mass is 10.3. The molecule has 7 heteroatoms. The molecular formula is C9H18BBrN2O3. The zero-order chi connectivity index (χ0) is 11.5. The molecule has 0 radical (unpaired) electrons. The van der Waals surface area contributed by atoms with Gasteiger partial charge in [0.25, 0.3) is 0 Å². The summed E-state index contributed by atoms with van der Waals surface area (Å²) >= 11 is 0. The van der Waals surface area contributed by atoms with E-state index < -0.39 is 7.32 Å². The van der Waals surface area contributed by atoms with Crippen LogP contribution >= 0.6 is 17.0 Å². The Balaban J connectivity index is 0. The summed E-state index contributed by atoms with van der Waals surface area (Å²) in [5.74, 6) is 0. The van der Waals surface area contributed by atoms with Crippen molar-refractivity contribution in [3.63, 3.8) is 0 Å². The fourth-order valence-corrected chi connectivity index (χ4v) is 0.767. The van der Waals surface area contributed by atoms with E-state index in [2.05, 4.69) is 16.2 Å². The molecule has 2 N–H and O–H groups in total. The number of aromatic nitrogens is 2. The highest BCUT2D eigenvalue weighted by molar-refractivity contribution is 8.93. The van der Waals surface area contributed by atoms with Crippen molar-refractivity contribution in [3.05, 3.63) is 31.4 Å². The first-order valence-corrected chi connectivity index (χ1v) is 4.75. The van der Waals surface area contributed by atoms with Gasteiger partial charge in [-0.05, 0) is 6.42 Å². The highest BCUT2D eigenvalue weighted by Gasteiger charge is 2.04. The van der Waals surface area contributed by atoms with E-state index in [4.69, 9.17) is 10.0 Å². The molecule has 1 heterocycles. The molecule has 0 amide bonds. The van der Waals surface area contributed by atoms with E-state index in [1.165, 1.54) is 0 Å². The van der Waals surface area contributed by atoms with Crippen LogP contribution < -0.4 is 0 Å². The van der Waals surface area contributed by atoms with E-state index in [0.29, 0.717) is 6.61 Å². The highest BCUT2D eigenvalue weighted by Crippen LogP contribution is 1.83. The second-order valence-corrected chi connectivity index (χ2v) is 2.75. The van der Waals surface area contributed by atoms with Gasteiger partial charge in [-0.1, -0.05) is 13.0 Å². The van der Waals surface area contributed by atoms with E-state index in [1.807, 2.05) is 23.8 Å². The van der Waals surface area contributed by atoms with Gasteiger partial charge in [0.05, 0.1) is 6.33 Å². The molecule has 0 aliphatic carbocycles. The lowest BCUT2D eigenvalue weighted by Crippen LogP contribution is -2.16. The van der Waals surface area contributed by atoms with Crippen molar-refractivity contribution < 1.29 is 14.7 Å². The maximum absolute atomic E-state index is 8.02. The van der Waals surface area contributed by atoms with Gasteiger partial charge in [-0.3, -0.25) is 0 Å². The summed E-state index contributed by atoms with van der Waals surface area (Å²) in [6.45, 7) is 6.73. The molecule has 0 aliphatic heterocycles. The van der Waals surface area contributed by atoms with Crippen LogP contribution in [0.3, 0.4) is 0 Å². The monoisotopic (exact) mass is 292 g/mol. The third-order valence-electron chi connectivity index (χ3n) is 1.37. The molecule has 0 aliphatic rings. The van der Waals surface area contributed by atoms with Crippen LogP contribution in [0, 0.1) is 0 Å². The van der Waals surface area contributed by atoms with Crippen LogP contribution in [-0.4, -0.2) is 33.5 Å². The molecule has 0 saturated carbocycles. The summed E-state index contributed by atoms with van der Waals surface area (Å²) in [5.41, 5.74) is 0. The maximum atomic E-state index is 8.02. The number of rotatable bonds is 5. The molecule has 0 atom stereocenters. The van der Waals surface area contributed by atoms with Gasteiger partial charge in [0.15, 0.2) is 0 Å². The van der Waals surface area contributed by atoms with Crippen molar-refractivity contribution in [1.82, 2.24) is 9.55 Å². The number of nitrogens with zero attached hydrogens (tertiary/aromatic N) is 2. The first kappa shape index (κ1) is 17.8.